The summed E-state index contributed by atoms with van der Waals surface area (Å²) in [5, 5.41) is 0. The molecule has 0 bridgehead atoms. The molecule has 0 aliphatic carbocycles. The van der Waals surface area contributed by atoms with Gasteiger partial charge in [-0.3, -0.25) is 0 Å². The molecule has 1 aromatic rings. The second-order valence-electron chi connectivity index (χ2n) is 1.51. The molecular formula is C8H8O. The van der Waals surface area contributed by atoms with Crippen molar-refractivity contribution in [3.63, 3.8) is 0 Å². The normalized spacial score (nSPS) is 7.00. The van der Waals surface area contributed by atoms with E-state index in [9.17, 15) is 0 Å². The molecule has 1 rings (SSSR count). The molecule has 0 saturated carbocycles. The lowest BCUT2D eigenvalue weighted by atomic mass is 10.2. The van der Waals surface area contributed by atoms with Crippen molar-refractivity contribution in [2.45, 2.75) is 0 Å². The first-order chi connectivity index (χ1) is 3.93. The zero-order valence-electron chi connectivity index (χ0n) is 4.96. The molecule has 0 aliphatic heterocycles. The van der Waals surface area contributed by atoms with Crippen LogP contribution in [0.5, 0.6) is 0 Å². The first-order valence-electron chi connectivity index (χ1n) is 2.45. The SMILES string of the molecule is C#Cc1ccccc1.O. The van der Waals surface area contributed by atoms with E-state index in [0.717, 1.165) is 5.56 Å². The Hall–Kier alpha value is -1.26. The Kier molecular flexibility index (Phi) is 3.19. The Morgan fingerprint density at radius 3 is 2.00 bits per heavy atom. The van der Waals surface area contributed by atoms with Crippen molar-refractivity contribution in [1.29, 1.82) is 0 Å². The van der Waals surface area contributed by atoms with E-state index in [-0.39, 0.29) is 5.48 Å². The van der Waals surface area contributed by atoms with E-state index in [2.05, 4.69) is 5.92 Å². The number of rotatable bonds is 0. The van der Waals surface area contributed by atoms with E-state index in [0.29, 0.717) is 0 Å². The van der Waals surface area contributed by atoms with Gasteiger partial charge >= 0.3 is 0 Å². The molecule has 1 nitrogen and oxygen atoms in total. The van der Waals surface area contributed by atoms with E-state index < -0.39 is 0 Å². The van der Waals surface area contributed by atoms with E-state index in [1.165, 1.54) is 0 Å². The third-order valence-corrected chi connectivity index (χ3v) is 0.940. The highest BCUT2D eigenvalue weighted by atomic mass is 16.0. The third-order valence-electron chi connectivity index (χ3n) is 0.940. The second kappa shape index (κ2) is 3.71. The van der Waals surface area contributed by atoms with Crippen molar-refractivity contribution in [3.8, 4) is 12.3 Å². The van der Waals surface area contributed by atoms with Gasteiger partial charge in [0.1, 0.15) is 0 Å². The van der Waals surface area contributed by atoms with Crippen molar-refractivity contribution in [2.24, 2.45) is 0 Å². The van der Waals surface area contributed by atoms with Crippen molar-refractivity contribution in [3.05, 3.63) is 35.9 Å². The summed E-state index contributed by atoms with van der Waals surface area (Å²) >= 11 is 0. The monoisotopic (exact) mass is 120 g/mol. The summed E-state index contributed by atoms with van der Waals surface area (Å²) in [4.78, 5) is 0. The van der Waals surface area contributed by atoms with Gasteiger partial charge in [-0.05, 0) is 12.1 Å². The molecule has 0 spiro atoms. The zero-order chi connectivity index (χ0) is 5.82. The smallest absolute Gasteiger partial charge is 0.0242 e. The molecule has 46 valence electrons. The van der Waals surface area contributed by atoms with Crippen molar-refractivity contribution in [2.75, 3.05) is 0 Å². The average Bonchev–Trinajstić information content (AvgIpc) is 1.90. The van der Waals surface area contributed by atoms with Crippen LogP contribution in [0.25, 0.3) is 0 Å². The van der Waals surface area contributed by atoms with Gasteiger partial charge in [-0.2, -0.15) is 0 Å². The van der Waals surface area contributed by atoms with Crippen LogP contribution in [0.4, 0.5) is 0 Å². The van der Waals surface area contributed by atoms with E-state index in [4.69, 9.17) is 6.42 Å². The van der Waals surface area contributed by atoms with Crippen molar-refractivity contribution in [1.82, 2.24) is 0 Å². The molecular weight excluding hydrogens is 112 g/mol. The predicted molar refractivity (Wildman–Crippen MR) is 38.0 cm³/mol. The molecule has 0 amide bonds. The standard InChI is InChI=1S/C8H6.H2O/c1-2-8-6-4-3-5-7-8;/h1,3-7H;1H2. The Balaban J connectivity index is 0.000000640. The molecule has 0 unspecified atom stereocenters. The van der Waals surface area contributed by atoms with Crippen LogP contribution >= 0.6 is 0 Å². The minimum absolute atomic E-state index is 0. The van der Waals surface area contributed by atoms with Crippen LogP contribution in [0.1, 0.15) is 5.56 Å². The first-order valence-corrected chi connectivity index (χ1v) is 2.45. The lowest BCUT2D eigenvalue weighted by molar-refractivity contribution is 0.824. The van der Waals surface area contributed by atoms with Gasteiger partial charge in [0.15, 0.2) is 0 Å². The topological polar surface area (TPSA) is 31.5 Å². The van der Waals surface area contributed by atoms with Crippen LogP contribution in [-0.2, 0) is 0 Å². The van der Waals surface area contributed by atoms with Gasteiger partial charge in [0, 0.05) is 5.56 Å². The summed E-state index contributed by atoms with van der Waals surface area (Å²) in [7, 11) is 0. The molecule has 0 radical (unpaired) electrons. The summed E-state index contributed by atoms with van der Waals surface area (Å²) < 4.78 is 0. The highest BCUT2D eigenvalue weighted by Crippen LogP contribution is 1.92. The Morgan fingerprint density at radius 1 is 1.11 bits per heavy atom. The number of hydrogen-bond donors (Lipinski definition) is 0. The second-order valence-corrected chi connectivity index (χ2v) is 1.51. The largest absolute Gasteiger partial charge is 0.412 e. The maximum Gasteiger partial charge on any atom is 0.0242 e. The summed E-state index contributed by atoms with van der Waals surface area (Å²) in [6.45, 7) is 0. The molecule has 0 heterocycles. The maximum atomic E-state index is 5.10. The zero-order valence-corrected chi connectivity index (χ0v) is 4.96. The average molecular weight is 120 g/mol. The fourth-order valence-corrected chi connectivity index (χ4v) is 0.534. The fourth-order valence-electron chi connectivity index (χ4n) is 0.534. The first kappa shape index (κ1) is 7.74. The highest BCUT2D eigenvalue weighted by Gasteiger charge is 1.76. The quantitative estimate of drug-likeness (QED) is 0.454. The summed E-state index contributed by atoms with van der Waals surface area (Å²) in [6.07, 6.45) is 5.10. The van der Waals surface area contributed by atoms with Crippen molar-refractivity contribution >= 4 is 0 Å². The molecule has 0 saturated heterocycles. The number of hydrogen-bond acceptors (Lipinski definition) is 0. The van der Waals surface area contributed by atoms with Gasteiger partial charge in [-0.1, -0.05) is 24.1 Å². The molecule has 2 N–H and O–H groups in total. The predicted octanol–water partition coefficient (Wildman–Crippen LogP) is 0.843. The summed E-state index contributed by atoms with van der Waals surface area (Å²) in [6, 6.07) is 9.60. The van der Waals surface area contributed by atoms with Crippen LogP contribution in [0.15, 0.2) is 30.3 Å². The van der Waals surface area contributed by atoms with E-state index >= 15 is 0 Å². The minimum atomic E-state index is 0. The summed E-state index contributed by atoms with van der Waals surface area (Å²) in [5.41, 5.74) is 0.938. The molecule has 0 fully saturated rings. The Labute approximate surface area is 54.6 Å². The molecule has 0 atom stereocenters. The fraction of sp³-hybridized carbons (Fsp3) is 0. The molecule has 9 heavy (non-hydrogen) atoms. The van der Waals surface area contributed by atoms with Gasteiger partial charge < -0.3 is 5.48 Å². The van der Waals surface area contributed by atoms with Crippen LogP contribution in [-0.4, -0.2) is 5.48 Å². The van der Waals surface area contributed by atoms with Gasteiger partial charge in [-0.25, -0.2) is 0 Å². The van der Waals surface area contributed by atoms with Crippen LogP contribution in [0.3, 0.4) is 0 Å². The third kappa shape index (κ3) is 1.98. The van der Waals surface area contributed by atoms with E-state index in [1.54, 1.807) is 0 Å². The summed E-state index contributed by atoms with van der Waals surface area (Å²) in [5.74, 6) is 2.53. The van der Waals surface area contributed by atoms with Crippen molar-refractivity contribution < 1.29 is 5.48 Å². The minimum Gasteiger partial charge on any atom is -0.412 e. The van der Waals surface area contributed by atoms with Crippen LogP contribution in [0.2, 0.25) is 0 Å². The van der Waals surface area contributed by atoms with Gasteiger partial charge in [-0.15, -0.1) is 6.42 Å². The lowest BCUT2D eigenvalue weighted by Gasteiger charge is -1.82. The van der Waals surface area contributed by atoms with Crippen LogP contribution in [0, 0.1) is 12.3 Å². The van der Waals surface area contributed by atoms with Crippen LogP contribution < -0.4 is 0 Å². The highest BCUT2D eigenvalue weighted by molar-refractivity contribution is 5.30. The van der Waals surface area contributed by atoms with Gasteiger partial charge in [0.2, 0.25) is 0 Å². The molecule has 1 aromatic carbocycles. The number of benzene rings is 1. The van der Waals surface area contributed by atoms with Gasteiger partial charge in [0.05, 0.1) is 0 Å². The molecule has 0 aliphatic rings. The molecule has 0 aromatic heterocycles. The Bertz CT molecular complexity index is 196. The maximum absolute atomic E-state index is 5.10. The molecule has 1 heteroatoms. The lowest BCUT2D eigenvalue weighted by Crippen LogP contribution is -1.66. The van der Waals surface area contributed by atoms with E-state index in [1.807, 2.05) is 30.3 Å². The number of terminal acetylenes is 1. The van der Waals surface area contributed by atoms with Gasteiger partial charge in [0.25, 0.3) is 0 Å². The Morgan fingerprint density at radius 2 is 1.67 bits per heavy atom.